The summed E-state index contributed by atoms with van der Waals surface area (Å²) in [6.07, 6.45) is 3.28. The van der Waals surface area contributed by atoms with Crippen LogP contribution in [0.15, 0.2) is 65.8 Å². The molecule has 0 spiro atoms. The SMILES string of the molecule is O=S(=O)(Nc1ccc(NCc2ccccn2)cn1)c1ccc2c(c1)OCO2. The molecule has 9 heteroatoms. The Balaban J connectivity index is 1.43. The van der Waals surface area contributed by atoms with Crippen molar-refractivity contribution in [3.63, 3.8) is 0 Å². The summed E-state index contributed by atoms with van der Waals surface area (Å²) < 4.78 is 37.9. The molecule has 0 fully saturated rings. The molecule has 2 N–H and O–H groups in total. The third kappa shape index (κ3) is 3.93. The first-order chi connectivity index (χ1) is 13.1. The largest absolute Gasteiger partial charge is 0.454 e. The Kier molecular flexibility index (Phi) is 4.51. The summed E-state index contributed by atoms with van der Waals surface area (Å²) in [6, 6.07) is 13.5. The van der Waals surface area contributed by atoms with Crippen LogP contribution in [0.25, 0.3) is 0 Å². The van der Waals surface area contributed by atoms with E-state index >= 15 is 0 Å². The average Bonchev–Trinajstić information content (AvgIpc) is 3.16. The van der Waals surface area contributed by atoms with Crippen LogP contribution in [0, 0.1) is 0 Å². The lowest BCUT2D eigenvalue weighted by atomic mass is 10.3. The number of fused-ring (bicyclic) bond motifs is 1. The van der Waals surface area contributed by atoms with Gasteiger partial charge in [0, 0.05) is 12.3 Å². The van der Waals surface area contributed by atoms with E-state index in [9.17, 15) is 8.42 Å². The highest BCUT2D eigenvalue weighted by atomic mass is 32.2. The van der Waals surface area contributed by atoms with Gasteiger partial charge in [-0.3, -0.25) is 9.71 Å². The van der Waals surface area contributed by atoms with E-state index in [2.05, 4.69) is 20.0 Å². The van der Waals surface area contributed by atoms with Crippen molar-refractivity contribution in [2.75, 3.05) is 16.8 Å². The van der Waals surface area contributed by atoms with Gasteiger partial charge in [0.05, 0.1) is 29.0 Å². The van der Waals surface area contributed by atoms with Gasteiger partial charge in [-0.1, -0.05) is 6.07 Å². The number of anilines is 2. The number of aromatic nitrogens is 2. The Morgan fingerprint density at radius 3 is 2.67 bits per heavy atom. The molecule has 0 radical (unpaired) electrons. The number of nitrogens with one attached hydrogen (secondary N) is 2. The molecule has 2 aromatic heterocycles. The van der Waals surface area contributed by atoms with Gasteiger partial charge in [-0.15, -0.1) is 0 Å². The van der Waals surface area contributed by atoms with Crippen molar-refractivity contribution in [3.05, 3.63) is 66.6 Å². The predicted molar refractivity (Wildman–Crippen MR) is 99.2 cm³/mol. The van der Waals surface area contributed by atoms with Crippen LogP contribution >= 0.6 is 0 Å². The second-order valence-corrected chi connectivity index (χ2v) is 7.41. The van der Waals surface area contributed by atoms with Crippen LogP contribution in [0.4, 0.5) is 11.5 Å². The van der Waals surface area contributed by atoms with Gasteiger partial charge in [-0.25, -0.2) is 13.4 Å². The highest BCUT2D eigenvalue weighted by molar-refractivity contribution is 7.92. The fourth-order valence-electron chi connectivity index (χ4n) is 2.49. The number of rotatable bonds is 6. The lowest BCUT2D eigenvalue weighted by molar-refractivity contribution is 0.174. The van der Waals surface area contributed by atoms with Crippen molar-refractivity contribution >= 4 is 21.5 Å². The van der Waals surface area contributed by atoms with E-state index < -0.39 is 10.0 Å². The average molecular weight is 384 g/mol. The van der Waals surface area contributed by atoms with Crippen LogP contribution in [-0.4, -0.2) is 25.2 Å². The zero-order valence-electron chi connectivity index (χ0n) is 14.1. The van der Waals surface area contributed by atoms with Crippen LogP contribution < -0.4 is 19.5 Å². The Morgan fingerprint density at radius 1 is 1.00 bits per heavy atom. The molecule has 0 atom stereocenters. The van der Waals surface area contributed by atoms with E-state index in [4.69, 9.17) is 9.47 Å². The summed E-state index contributed by atoms with van der Waals surface area (Å²) in [7, 11) is -3.78. The standard InChI is InChI=1S/C18H16N4O4S/c23-27(24,15-5-6-16-17(9-15)26-12-25-16)22-18-7-4-14(11-21-18)20-10-13-3-1-2-8-19-13/h1-9,11,20H,10,12H2,(H,21,22). The lowest BCUT2D eigenvalue weighted by Crippen LogP contribution is -2.14. The molecule has 0 unspecified atom stereocenters. The van der Waals surface area contributed by atoms with E-state index in [1.54, 1.807) is 30.6 Å². The Labute approximate surface area is 156 Å². The summed E-state index contributed by atoms with van der Waals surface area (Å²) in [6.45, 7) is 0.631. The Hall–Kier alpha value is -3.33. The smallest absolute Gasteiger partial charge is 0.263 e. The molecule has 0 amide bonds. The highest BCUT2D eigenvalue weighted by Gasteiger charge is 2.20. The number of hydrogen-bond donors (Lipinski definition) is 2. The number of hydrogen-bond acceptors (Lipinski definition) is 7. The molecular weight excluding hydrogens is 368 g/mol. The van der Waals surface area contributed by atoms with Crippen molar-refractivity contribution in [1.82, 2.24) is 9.97 Å². The second-order valence-electron chi connectivity index (χ2n) is 5.73. The number of sulfonamides is 1. The molecule has 27 heavy (non-hydrogen) atoms. The first kappa shape index (κ1) is 17.1. The zero-order valence-corrected chi connectivity index (χ0v) is 14.9. The van der Waals surface area contributed by atoms with Crippen LogP contribution in [0.3, 0.4) is 0 Å². The van der Waals surface area contributed by atoms with E-state index in [-0.39, 0.29) is 17.5 Å². The van der Waals surface area contributed by atoms with Crippen molar-refractivity contribution in [1.29, 1.82) is 0 Å². The van der Waals surface area contributed by atoms with Gasteiger partial charge in [-0.05, 0) is 36.4 Å². The van der Waals surface area contributed by atoms with Gasteiger partial charge in [0.15, 0.2) is 11.5 Å². The highest BCUT2D eigenvalue weighted by Crippen LogP contribution is 2.34. The van der Waals surface area contributed by atoms with E-state index in [0.29, 0.717) is 18.0 Å². The van der Waals surface area contributed by atoms with Gasteiger partial charge in [0.1, 0.15) is 5.82 Å². The second kappa shape index (κ2) is 7.12. The summed E-state index contributed by atoms with van der Waals surface area (Å²) in [5.74, 6) is 1.14. The Morgan fingerprint density at radius 2 is 1.89 bits per heavy atom. The molecular formula is C18H16N4O4S. The van der Waals surface area contributed by atoms with Gasteiger partial charge < -0.3 is 14.8 Å². The first-order valence-electron chi connectivity index (χ1n) is 8.12. The minimum absolute atomic E-state index is 0.0749. The molecule has 1 aliphatic heterocycles. The van der Waals surface area contributed by atoms with Gasteiger partial charge in [0.2, 0.25) is 6.79 Å². The fraction of sp³-hybridized carbons (Fsp3) is 0.111. The number of benzene rings is 1. The lowest BCUT2D eigenvalue weighted by Gasteiger charge is -2.09. The topological polar surface area (TPSA) is 102 Å². The van der Waals surface area contributed by atoms with Crippen molar-refractivity contribution in [2.45, 2.75) is 11.4 Å². The maximum absolute atomic E-state index is 12.5. The monoisotopic (exact) mass is 384 g/mol. The number of ether oxygens (including phenoxy) is 2. The number of nitrogens with zero attached hydrogens (tertiary/aromatic N) is 2. The normalized spacial score (nSPS) is 12.6. The molecule has 1 aromatic carbocycles. The molecule has 3 aromatic rings. The molecule has 3 heterocycles. The van der Waals surface area contributed by atoms with Gasteiger partial charge in [0.25, 0.3) is 10.0 Å². The summed E-state index contributed by atoms with van der Waals surface area (Å²) in [4.78, 5) is 8.44. The van der Waals surface area contributed by atoms with Crippen LogP contribution in [0.1, 0.15) is 5.69 Å². The summed E-state index contributed by atoms with van der Waals surface area (Å²) >= 11 is 0. The van der Waals surface area contributed by atoms with Gasteiger partial charge >= 0.3 is 0 Å². The molecule has 1 aliphatic rings. The molecule has 8 nitrogen and oxygen atoms in total. The molecule has 0 bridgehead atoms. The van der Waals surface area contributed by atoms with Gasteiger partial charge in [-0.2, -0.15) is 0 Å². The van der Waals surface area contributed by atoms with E-state index in [1.807, 2.05) is 18.2 Å². The van der Waals surface area contributed by atoms with Crippen molar-refractivity contribution in [2.24, 2.45) is 0 Å². The maximum Gasteiger partial charge on any atom is 0.263 e. The van der Waals surface area contributed by atoms with Crippen LogP contribution in [0.5, 0.6) is 11.5 Å². The zero-order chi connectivity index (χ0) is 18.7. The molecule has 0 saturated heterocycles. The van der Waals surface area contributed by atoms with E-state index in [1.165, 1.54) is 12.1 Å². The molecule has 0 aliphatic carbocycles. The third-order valence-corrected chi connectivity index (χ3v) is 5.21. The first-order valence-corrected chi connectivity index (χ1v) is 9.61. The minimum Gasteiger partial charge on any atom is -0.454 e. The predicted octanol–water partition coefficient (Wildman–Crippen LogP) is 2.62. The quantitative estimate of drug-likeness (QED) is 0.673. The van der Waals surface area contributed by atoms with Crippen molar-refractivity contribution in [3.8, 4) is 11.5 Å². The molecule has 138 valence electrons. The summed E-state index contributed by atoms with van der Waals surface area (Å²) in [5, 5.41) is 3.18. The minimum atomic E-state index is -3.78. The summed E-state index contributed by atoms with van der Waals surface area (Å²) in [5.41, 5.74) is 1.65. The van der Waals surface area contributed by atoms with E-state index in [0.717, 1.165) is 11.4 Å². The van der Waals surface area contributed by atoms with Crippen molar-refractivity contribution < 1.29 is 17.9 Å². The van der Waals surface area contributed by atoms with Crippen LogP contribution in [-0.2, 0) is 16.6 Å². The molecule has 0 saturated carbocycles. The molecule has 4 rings (SSSR count). The Bertz CT molecular complexity index is 1040. The maximum atomic E-state index is 12.5. The fourth-order valence-corrected chi connectivity index (χ4v) is 3.52. The third-order valence-electron chi connectivity index (χ3n) is 3.86. The number of pyridine rings is 2. The van der Waals surface area contributed by atoms with Crippen LogP contribution in [0.2, 0.25) is 0 Å².